The van der Waals surface area contributed by atoms with Gasteiger partial charge in [0.25, 0.3) is 0 Å². The minimum atomic E-state index is -3.19. The number of hydrogen-bond acceptors (Lipinski definition) is 3. The lowest BCUT2D eigenvalue weighted by Gasteiger charge is -2.22. The van der Waals surface area contributed by atoms with Crippen LogP contribution in [0.2, 0.25) is 0 Å². The summed E-state index contributed by atoms with van der Waals surface area (Å²) in [6.45, 7) is 2.46. The van der Waals surface area contributed by atoms with Gasteiger partial charge in [0.15, 0.2) is 0 Å². The molecule has 16 heavy (non-hydrogen) atoms. The Morgan fingerprint density at radius 1 is 1.38 bits per heavy atom. The van der Waals surface area contributed by atoms with Crippen molar-refractivity contribution in [3.63, 3.8) is 0 Å². The van der Waals surface area contributed by atoms with Crippen molar-refractivity contribution in [2.45, 2.75) is 37.9 Å². The van der Waals surface area contributed by atoms with E-state index >= 15 is 0 Å². The fourth-order valence-electron chi connectivity index (χ4n) is 3.12. The van der Waals surface area contributed by atoms with Crippen LogP contribution < -0.4 is 10.5 Å². The number of nitrogens with two attached hydrogens (primary N) is 1. The highest BCUT2D eigenvalue weighted by atomic mass is 32.2. The molecule has 0 aromatic heterocycles. The molecule has 2 fully saturated rings. The number of fused-ring (bicyclic) bond motifs is 2. The molecule has 4 atom stereocenters. The quantitative estimate of drug-likeness (QED) is 0.749. The molecule has 5 heteroatoms. The molecule has 4 nitrogen and oxygen atoms in total. The monoisotopic (exact) mass is 246 g/mol. The van der Waals surface area contributed by atoms with Crippen molar-refractivity contribution in [3.05, 3.63) is 0 Å². The molecule has 0 spiro atoms. The minimum absolute atomic E-state index is 0.187. The fourth-order valence-corrected chi connectivity index (χ4v) is 4.10. The first-order valence-electron chi connectivity index (χ1n) is 6.21. The van der Waals surface area contributed by atoms with Gasteiger partial charge in [0.05, 0.1) is 5.25 Å². The van der Waals surface area contributed by atoms with Gasteiger partial charge < -0.3 is 5.73 Å². The van der Waals surface area contributed by atoms with Gasteiger partial charge in [0, 0.05) is 13.1 Å². The number of sulfonamides is 1. The maximum Gasteiger partial charge on any atom is 0.215 e. The second-order valence-corrected chi connectivity index (χ2v) is 7.56. The van der Waals surface area contributed by atoms with E-state index in [0.29, 0.717) is 12.5 Å². The van der Waals surface area contributed by atoms with Crippen molar-refractivity contribution in [3.8, 4) is 0 Å². The predicted molar refractivity (Wildman–Crippen MR) is 64.4 cm³/mol. The molecule has 0 aromatic carbocycles. The van der Waals surface area contributed by atoms with Gasteiger partial charge >= 0.3 is 0 Å². The zero-order valence-electron chi connectivity index (χ0n) is 9.85. The van der Waals surface area contributed by atoms with E-state index in [1.54, 1.807) is 6.92 Å². The Kier molecular flexibility index (Phi) is 3.56. The van der Waals surface area contributed by atoms with Crippen molar-refractivity contribution in [2.75, 3.05) is 13.1 Å². The summed E-state index contributed by atoms with van der Waals surface area (Å²) < 4.78 is 26.2. The lowest BCUT2D eigenvalue weighted by atomic mass is 9.89. The van der Waals surface area contributed by atoms with Crippen molar-refractivity contribution in [1.29, 1.82) is 0 Å². The Labute approximate surface area is 98.0 Å². The molecular formula is C11H22N2O2S. The first-order chi connectivity index (χ1) is 7.53. The topological polar surface area (TPSA) is 72.2 Å². The number of rotatable bonds is 5. The molecule has 2 bridgehead atoms. The molecule has 0 amide bonds. The summed E-state index contributed by atoms with van der Waals surface area (Å²) in [6, 6.07) is 0. The molecule has 2 aliphatic carbocycles. The van der Waals surface area contributed by atoms with Crippen molar-refractivity contribution < 1.29 is 8.42 Å². The SMILES string of the molecule is CC(CN)S(=O)(=O)NCC1CC2CCC1C2. The average molecular weight is 246 g/mol. The van der Waals surface area contributed by atoms with Crippen molar-refractivity contribution in [1.82, 2.24) is 4.72 Å². The van der Waals surface area contributed by atoms with E-state index in [1.165, 1.54) is 25.7 Å². The second-order valence-electron chi connectivity index (χ2n) is 5.37. The standard InChI is InChI=1S/C11H22N2O2S/c1-8(6-12)16(14,15)13-7-11-5-9-2-3-10(11)4-9/h8-11,13H,2-7,12H2,1H3. The van der Waals surface area contributed by atoms with E-state index in [2.05, 4.69) is 4.72 Å². The predicted octanol–water partition coefficient (Wildman–Crippen LogP) is 0.689. The molecule has 2 rings (SSSR count). The van der Waals surface area contributed by atoms with Crippen LogP contribution in [0.5, 0.6) is 0 Å². The van der Waals surface area contributed by atoms with Crippen LogP contribution in [0.4, 0.5) is 0 Å². The summed E-state index contributed by atoms with van der Waals surface area (Å²) in [7, 11) is -3.19. The highest BCUT2D eigenvalue weighted by Gasteiger charge is 2.39. The van der Waals surface area contributed by atoms with E-state index in [-0.39, 0.29) is 6.54 Å². The Bertz CT molecular complexity index is 342. The summed E-state index contributed by atoms with van der Waals surface area (Å²) in [5, 5.41) is -0.480. The highest BCUT2D eigenvalue weighted by molar-refractivity contribution is 7.90. The Balaban J connectivity index is 1.84. The summed E-state index contributed by atoms with van der Waals surface area (Å²) in [4.78, 5) is 0. The summed E-state index contributed by atoms with van der Waals surface area (Å²) >= 11 is 0. The third-order valence-electron chi connectivity index (χ3n) is 4.29. The van der Waals surface area contributed by atoms with Gasteiger partial charge in [-0.2, -0.15) is 0 Å². The van der Waals surface area contributed by atoms with E-state index in [1.807, 2.05) is 0 Å². The van der Waals surface area contributed by atoms with Crippen LogP contribution in [0.15, 0.2) is 0 Å². The lowest BCUT2D eigenvalue weighted by molar-refractivity contribution is 0.332. The Hall–Kier alpha value is -0.130. The van der Waals surface area contributed by atoms with E-state index < -0.39 is 15.3 Å². The summed E-state index contributed by atoms with van der Waals surface area (Å²) in [6.07, 6.45) is 5.18. The summed E-state index contributed by atoms with van der Waals surface area (Å²) in [5.74, 6) is 2.20. The maximum absolute atomic E-state index is 11.7. The molecule has 0 heterocycles. The largest absolute Gasteiger partial charge is 0.329 e. The maximum atomic E-state index is 11.7. The van der Waals surface area contributed by atoms with Crippen molar-refractivity contribution >= 4 is 10.0 Å². The first-order valence-corrected chi connectivity index (χ1v) is 7.76. The van der Waals surface area contributed by atoms with Crippen LogP contribution >= 0.6 is 0 Å². The van der Waals surface area contributed by atoms with Crippen LogP contribution in [-0.4, -0.2) is 26.8 Å². The lowest BCUT2D eigenvalue weighted by Crippen LogP contribution is -2.40. The number of hydrogen-bond donors (Lipinski definition) is 2. The molecular weight excluding hydrogens is 224 g/mol. The zero-order valence-corrected chi connectivity index (χ0v) is 10.7. The minimum Gasteiger partial charge on any atom is -0.329 e. The van der Waals surface area contributed by atoms with Gasteiger partial charge in [-0.1, -0.05) is 6.42 Å². The van der Waals surface area contributed by atoms with E-state index in [4.69, 9.17) is 5.73 Å². The second kappa shape index (κ2) is 4.63. The van der Waals surface area contributed by atoms with Gasteiger partial charge in [-0.25, -0.2) is 13.1 Å². The molecule has 2 saturated carbocycles. The van der Waals surface area contributed by atoms with Crippen LogP contribution in [0.3, 0.4) is 0 Å². The third-order valence-corrected chi connectivity index (χ3v) is 6.11. The van der Waals surface area contributed by atoms with Crippen LogP contribution in [0.1, 0.15) is 32.6 Å². The van der Waals surface area contributed by atoms with Crippen molar-refractivity contribution in [2.24, 2.45) is 23.5 Å². The Morgan fingerprint density at radius 3 is 2.62 bits per heavy atom. The van der Waals surface area contributed by atoms with Gasteiger partial charge in [-0.05, 0) is 43.9 Å². The highest BCUT2D eigenvalue weighted by Crippen LogP contribution is 2.47. The normalized spacial score (nSPS) is 35.5. The smallest absolute Gasteiger partial charge is 0.215 e. The average Bonchev–Trinajstić information content (AvgIpc) is 2.86. The van der Waals surface area contributed by atoms with Crippen LogP contribution in [-0.2, 0) is 10.0 Å². The van der Waals surface area contributed by atoms with Gasteiger partial charge in [-0.3, -0.25) is 0 Å². The molecule has 94 valence electrons. The van der Waals surface area contributed by atoms with E-state index in [0.717, 1.165) is 11.8 Å². The van der Waals surface area contributed by atoms with Gasteiger partial charge in [0.1, 0.15) is 0 Å². The first kappa shape index (κ1) is 12.3. The fraction of sp³-hybridized carbons (Fsp3) is 1.00. The zero-order chi connectivity index (χ0) is 11.8. The van der Waals surface area contributed by atoms with Gasteiger partial charge in [-0.15, -0.1) is 0 Å². The molecule has 2 aliphatic rings. The molecule has 4 unspecified atom stereocenters. The Morgan fingerprint density at radius 2 is 2.12 bits per heavy atom. The summed E-state index contributed by atoms with van der Waals surface area (Å²) in [5.41, 5.74) is 5.38. The molecule has 0 aliphatic heterocycles. The van der Waals surface area contributed by atoms with Gasteiger partial charge in [0.2, 0.25) is 10.0 Å². The molecule has 0 aromatic rings. The van der Waals surface area contributed by atoms with E-state index in [9.17, 15) is 8.42 Å². The van der Waals surface area contributed by atoms with Crippen LogP contribution in [0.25, 0.3) is 0 Å². The molecule has 3 N–H and O–H groups in total. The molecule has 0 saturated heterocycles. The third kappa shape index (κ3) is 2.41. The molecule has 0 radical (unpaired) electrons. The number of nitrogens with one attached hydrogen (secondary N) is 1. The van der Waals surface area contributed by atoms with Crippen LogP contribution in [0, 0.1) is 17.8 Å².